The average Bonchev–Trinajstić information content (AvgIpc) is 2.35. The minimum absolute atomic E-state index is 0.0661. The zero-order valence-corrected chi connectivity index (χ0v) is 13.8. The fourth-order valence-electron chi connectivity index (χ4n) is 1.96. The van der Waals surface area contributed by atoms with E-state index in [1.54, 1.807) is 27.7 Å². The van der Waals surface area contributed by atoms with Crippen LogP contribution in [0, 0.1) is 0 Å². The summed E-state index contributed by atoms with van der Waals surface area (Å²) in [5, 5.41) is 0. The van der Waals surface area contributed by atoms with Gasteiger partial charge in [0.25, 0.3) is 0 Å². The van der Waals surface area contributed by atoms with Gasteiger partial charge >= 0.3 is 13.9 Å². The Hall–Kier alpha value is 0.190. The highest BCUT2D eigenvalue weighted by atomic mass is 35.5. The first-order valence-electron chi connectivity index (χ1n) is 6.51. The summed E-state index contributed by atoms with van der Waals surface area (Å²) in [5.74, 6) is 0. The van der Waals surface area contributed by atoms with Gasteiger partial charge in [0.1, 0.15) is 0 Å². The van der Waals surface area contributed by atoms with E-state index in [9.17, 15) is 17.7 Å². The summed E-state index contributed by atoms with van der Waals surface area (Å²) in [5.41, 5.74) is -1.53. The van der Waals surface area contributed by atoms with Gasteiger partial charge in [-0.1, -0.05) is 13.8 Å². The van der Waals surface area contributed by atoms with Crippen molar-refractivity contribution in [1.82, 2.24) is 4.42 Å². The largest absolute Gasteiger partial charge is 0.474 e. The lowest BCUT2D eigenvalue weighted by atomic mass is 9.95. The highest BCUT2D eigenvalue weighted by Gasteiger charge is 2.52. The lowest BCUT2D eigenvalue weighted by molar-refractivity contribution is -0.237. The van der Waals surface area contributed by atoms with Crippen molar-refractivity contribution in [2.24, 2.45) is 0 Å². The normalized spacial score (nSPS) is 14.1. The molecule has 0 aromatic rings. The van der Waals surface area contributed by atoms with Crippen LogP contribution < -0.4 is 0 Å². The third-order valence-electron chi connectivity index (χ3n) is 3.09. The molecule has 0 fully saturated rings. The molecule has 0 aliphatic rings. The number of halogens is 4. The van der Waals surface area contributed by atoms with Crippen LogP contribution in [0.25, 0.3) is 0 Å². The van der Waals surface area contributed by atoms with E-state index in [1.807, 2.05) is 0 Å². The van der Waals surface area contributed by atoms with E-state index in [4.69, 9.17) is 20.8 Å². The quantitative estimate of drug-likeness (QED) is 0.344. The predicted octanol–water partition coefficient (Wildman–Crippen LogP) is 4.79. The molecule has 4 nitrogen and oxygen atoms in total. The third-order valence-corrected chi connectivity index (χ3v) is 5.92. The molecule has 0 aromatic heterocycles. The van der Waals surface area contributed by atoms with Gasteiger partial charge in [-0.05, 0) is 38.5 Å². The second-order valence-corrected chi connectivity index (χ2v) is 6.68. The first-order valence-corrected chi connectivity index (χ1v) is 8.58. The Morgan fingerprint density at radius 3 is 1.70 bits per heavy atom. The zero-order chi connectivity index (χ0) is 16.0. The summed E-state index contributed by atoms with van der Waals surface area (Å²) >= 11 is 5.46. The minimum Gasteiger partial charge on any atom is -0.309 e. The van der Waals surface area contributed by atoms with Gasteiger partial charge in [-0.15, -0.1) is 4.42 Å². The molecule has 0 amide bonds. The number of rotatable bonds is 9. The molecule has 0 saturated heterocycles. The second kappa shape index (κ2) is 7.99. The van der Waals surface area contributed by atoms with E-state index in [0.29, 0.717) is 0 Å². The molecule has 20 heavy (non-hydrogen) atoms. The molecular weight excluding hydrogens is 318 g/mol. The summed E-state index contributed by atoms with van der Waals surface area (Å²) < 4.78 is 61.1. The maximum atomic E-state index is 12.9. The Kier molecular flexibility index (Phi) is 8.07. The highest BCUT2D eigenvalue weighted by Crippen LogP contribution is 2.54. The van der Waals surface area contributed by atoms with Crippen molar-refractivity contribution in [1.29, 1.82) is 0 Å². The van der Waals surface area contributed by atoms with Crippen molar-refractivity contribution in [2.45, 2.75) is 52.4 Å². The second-order valence-electron chi connectivity index (χ2n) is 4.28. The Labute approximate surface area is 123 Å². The van der Waals surface area contributed by atoms with Gasteiger partial charge in [-0.25, -0.2) is 0 Å². The molecule has 0 unspecified atom stereocenters. The van der Waals surface area contributed by atoms with Gasteiger partial charge in [-0.2, -0.15) is 13.2 Å². The van der Waals surface area contributed by atoms with Gasteiger partial charge in [0.15, 0.2) is 0 Å². The summed E-state index contributed by atoms with van der Waals surface area (Å²) in [6.45, 7) is 6.52. The molecule has 0 N–H and O–H groups in total. The van der Waals surface area contributed by atoms with Crippen LogP contribution in [-0.2, 0) is 13.6 Å². The molecule has 0 aliphatic heterocycles. The Morgan fingerprint density at radius 2 is 1.45 bits per heavy atom. The van der Waals surface area contributed by atoms with Gasteiger partial charge in [0.05, 0.1) is 24.9 Å². The highest BCUT2D eigenvalue weighted by molar-refractivity contribution is 7.53. The van der Waals surface area contributed by atoms with E-state index in [2.05, 4.69) is 0 Å². The van der Waals surface area contributed by atoms with Crippen molar-refractivity contribution >= 4 is 19.4 Å². The molecule has 0 aliphatic carbocycles. The zero-order valence-electron chi connectivity index (χ0n) is 12.2. The van der Waals surface area contributed by atoms with E-state index < -0.39 is 25.6 Å². The number of hydrogen-bond acceptors (Lipinski definition) is 4. The van der Waals surface area contributed by atoms with Crippen molar-refractivity contribution in [3.05, 3.63) is 0 Å². The van der Waals surface area contributed by atoms with Crippen LogP contribution in [0.1, 0.15) is 40.5 Å². The van der Waals surface area contributed by atoms with Crippen molar-refractivity contribution in [3.63, 3.8) is 0 Å². The molecule has 0 heterocycles. The van der Waals surface area contributed by atoms with Crippen LogP contribution in [0.4, 0.5) is 13.2 Å². The van der Waals surface area contributed by atoms with Crippen molar-refractivity contribution < 1.29 is 26.8 Å². The summed E-state index contributed by atoms with van der Waals surface area (Å²) in [6.07, 6.45) is -5.00. The van der Waals surface area contributed by atoms with Crippen LogP contribution in [0.3, 0.4) is 0 Å². The topological polar surface area (TPSA) is 38.8 Å². The monoisotopic (exact) mass is 339 g/mol. The number of hydrogen-bond donors (Lipinski definition) is 0. The smallest absolute Gasteiger partial charge is 0.309 e. The number of alkyl halides is 3. The molecule has 0 atom stereocenters. The summed E-state index contributed by atoms with van der Waals surface area (Å²) in [6, 6.07) is 0. The molecule has 0 radical (unpaired) electrons. The molecule has 0 bridgehead atoms. The lowest BCUT2D eigenvalue weighted by Gasteiger charge is -2.40. The SMILES string of the molecule is CCOP(=O)(CC(CC)(CC)N(Cl)C(F)(F)F)OCC. The molecule has 122 valence electrons. The van der Waals surface area contributed by atoms with Crippen LogP contribution in [0.5, 0.6) is 0 Å². The molecule has 0 rings (SSSR count). The third kappa shape index (κ3) is 5.19. The fourth-order valence-corrected chi connectivity index (χ4v) is 4.70. The fraction of sp³-hybridized carbons (Fsp3) is 1.00. The van der Waals surface area contributed by atoms with Crippen LogP contribution in [0.2, 0.25) is 0 Å². The van der Waals surface area contributed by atoms with Crippen LogP contribution >= 0.6 is 19.4 Å². The summed E-state index contributed by atoms with van der Waals surface area (Å²) in [4.78, 5) is 0. The first kappa shape index (κ1) is 20.2. The maximum Gasteiger partial charge on any atom is 0.474 e. The van der Waals surface area contributed by atoms with Gasteiger partial charge < -0.3 is 9.05 Å². The number of nitrogens with zero attached hydrogens (tertiary/aromatic N) is 1. The lowest BCUT2D eigenvalue weighted by Crippen LogP contribution is -2.52. The average molecular weight is 340 g/mol. The predicted molar refractivity (Wildman–Crippen MR) is 72.8 cm³/mol. The van der Waals surface area contributed by atoms with Crippen LogP contribution in [-0.4, -0.2) is 35.6 Å². The van der Waals surface area contributed by atoms with Crippen LogP contribution in [0.15, 0.2) is 0 Å². The summed E-state index contributed by atoms with van der Waals surface area (Å²) in [7, 11) is -3.62. The maximum absolute atomic E-state index is 12.9. The van der Waals surface area contributed by atoms with Crippen molar-refractivity contribution in [2.75, 3.05) is 19.4 Å². The standard InChI is InChI=1S/C11H22ClF3NO3P/c1-5-10(6-2,16(12)11(13,14)15)9-20(17,18-7-3)19-8-4/h5-9H2,1-4H3. The minimum atomic E-state index is -4.73. The Morgan fingerprint density at radius 1 is 1.05 bits per heavy atom. The first-order chi connectivity index (χ1) is 9.10. The molecule has 0 saturated carbocycles. The Balaban J connectivity index is 5.42. The molecule has 0 spiro atoms. The van der Waals surface area contributed by atoms with E-state index >= 15 is 0 Å². The van der Waals surface area contributed by atoms with E-state index in [-0.39, 0.29) is 30.5 Å². The Bertz CT molecular complexity index is 327. The van der Waals surface area contributed by atoms with E-state index in [0.717, 1.165) is 0 Å². The molecular formula is C11H22ClF3NO3P. The van der Waals surface area contributed by atoms with Crippen molar-refractivity contribution in [3.8, 4) is 0 Å². The molecule has 9 heteroatoms. The van der Waals surface area contributed by atoms with Gasteiger partial charge in [0, 0.05) is 0 Å². The van der Waals surface area contributed by atoms with Gasteiger partial charge in [0.2, 0.25) is 0 Å². The van der Waals surface area contributed by atoms with Gasteiger partial charge in [-0.3, -0.25) is 4.57 Å². The molecule has 0 aromatic carbocycles. The van der Waals surface area contributed by atoms with E-state index in [1.165, 1.54) is 0 Å².